The molecule has 1 unspecified atom stereocenters. The molecule has 5 nitrogen and oxygen atoms in total. The summed E-state index contributed by atoms with van der Waals surface area (Å²) in [4.78, 5) is 12.3. The average molecular weight is 321 g/mol. The Morgan fingerprint density at radius 1 is 1.17 bits per heavy atom. The first-order chi connectivity index (χ1) is 11.6. The SMILES string of the molecule is CC(O)c1ccccc1NC(=O)Cc1ccc(-n2cccn2)cc1. The number of nitrogens with one attached hydrogen (secondary N) is 1. The zero-order valence-corrected chi connectivity index (χ0v) is 13.4. The lowest BCUT2D eigenvalue weighted by molar-refractivity contribution is -0.115. The van der Waals surface area contributed by atoms with Gasteiger partial charge in [0.25, 0.3) is 0 Å². The number of hydrogen-bond acceptors (Lipinski definition) is 3. The fourth-order valence-electron chi connectivity index (χ4n) is 2.54. The minimum absolute atomic E-state index is 0.116. The summed E-state index contributed by atoms with van der Waals surface area (Å²) in [7, 11) is 0. The van der Waals surface area contributed by atoms with Gasteiger partial charge < -0.3 is 10.4 Å². The van der Waals surface area contributed by atoms with Crippen LogP contribution < -0.4 is 5.32 Å². The van der Waals surface area contributed by atoms with Crippen molar-refractivity contribution in [3.63, 3.8) is 0 Å². The third-order valence-corrected chi connectivity index (χ3v) is 3.75. The zero-order chi connectivity index (χ0) is 16.9. The highest BCUT2D eigenvalue weighted by molar-refractivity contribution is 5.93. The number of aromatic nitrogens is 2. The lowest BCUT2D eigenvalue weighted by Gasteiger charge is -2.13. The lowest BCUT2D eigenvalue weighted by atomic mass is 10.1. The van der Waals surface area contributed by atoms with Crippen molar-refractivity contribution >= 4 is 11.6 Å². The Balaban J connectivity index is 1.67. The smallest absolute Gasteiger partial charge is 0.228 e. The summed E-state index contributed by atoms with van der Waals surface area (Å²) in [5.74, 6) is -0.116. The molecule has 1 atom stereocenters. The second kappa shape index (κ2) is 7.10. The van der Waals surface area contributed by atoms with Gasteiger partial charge in [0.1, 0.15) is 0 Å². The van der Waals surface area contributed by atoms with Crippen LogP contribution in [-0.2, 0) is 11.2 Å². The fourth-order valence-corrected chi connectivity index (χ4v) is 2.54. The first-order valence-electron chi connectivity index (χ1n) is 7.79. The molecule has 0 radical (unpaired) electrons. The molecule has 5 heteroatoms. The van der Waals surface area contributed by atoms with Gasteiger partial charge in [-0.05, 0) is 36.8 Å². The Hall–Kier alpha value is -2.92. The molecule has 24 heavy (non-hydrogen) atoms. The topological polar surface area (TPSA) is 67.2 Å². The second-order valence-electron chi connectivity index (χ2n) is 5.61. The van der Waals surface area contributed by atoms with Crippen LogP contribution in [0.15, 0.2) is 67.0 Å². The van der Waals surface area contributed by atoms with Crippen molar-refractivity contribution in [2.75, 3.05) is 5.32 Å². The number of rotatable bonds is 5. The van der Waals surface area contributed by atoms with Gasteiger partial charge in [-0.1, -0.05) is 30.3 Å². The molecule has 0 aliphatic heterocycles. The number of para-hydroxylation sites is 1. The van der Waals surface area contributed by atoms with E-state index in [1.807, 2.05) is 48.7 Å². The van der Waals surface area contributed by atoms with Crippen LogP contribution in [0.5, 0.6) is 0 Å². The minimum atomic E-state index is -0.630. The van der Waals surface area contributed by atoms with Gasteiger partial charge in [0.2, 0.25) is 5.91 Å². The van der Waals surface area contributed by atoms with E-state index in [2.05, 4.69) is 10.4 Å². The molecule has 0 bridgehead atoms. The van der Waals surface area contributed by atoms with Crippen LogP contribution in [0.2, 0.25) is 0 Å². The molecule has 1 aromatic heterocycles. The van der Waals surface area contributed by atoms with Crippen LogP contribution >= 0.6 is 0 Å². The lowest BCUT2D eigenvalue weighted by Crippen LogP contribution is -2.16. The first-order valence-corrected chi connectivity index (χ1v) is 7.79. The largest absolute Gasteiger partial charge is 0.389 e. The molecule has 122 valence electrons. The summed E-state index contributed by atoms with van der Waals surface area (Å²) >= 11 is 0. The number of hydrogen-bond donors (Lipinski definition) is 2. The second-order valence-corrected chi connectivity index (χ2v) is 5.61. The van der Waals surface area contributed by atoms with Crippen LogP contribution in [0.4, 0.5) is 5.69 Å². The minimum Gasteiger partial charge on any atom is -0.389 e. The molecule has 1 amide bonds. The Labute approximate surface area is 140 Å². The molecule has 2 N–H and O–H groups in total. The van der Waals surface area contributed by atoms with Crippen LogP contribution in [0.25, 0.3) is 5.69 Å². The van der Waals surface area contributed by atoms with E-state index in [1.165, 1.54) is 0 Å². The van der Waals surface area contributed by atoms with Gasteiger partial charge >= 0.3 is 0 Å². The highest BCUT2D eigenvalue weighted by Gasteiger charge is 2.10. The zero-order valence-electron chi connectivity index (χ0n) is 13.4. The van der Waals surface area contributed by atoms with E-state index in [0.717, 1.165) is 11.3 Å². The number of carbonyl (C=O) groups is 1. The van der Waals surface area contributed by atoms with Gasteiger partial charge in [0, 0.05) is 23.6 Å². The van der Waals surface area contributed by atoms with E-state index in [9.17, 15) is 9.90 Å². The first kappa shape index (κ1) is 16.0. The molecule has 0 aliphatic carbocycles. The van der Waals surface area contributed by atoms with Gasteiger partial charge in [0.05, 0.1) is 18.2 Å². The van der Waals surface area contributed by atoms with Crippen molar-refractivity contribution in [1.29, 1.82) is 0 Å². The van der Waals surface area contributed by atoms with Crippen molar-refractivity contribution in [2.45, 2.75) is 19.4 Å². The molecule has 3 aromatic rings. The summed E-state index contributed by atoms with van der Waals surface area (Å²) in [6.45, 7) is 1.68. The average Bonchev–Trinajstić information content (AvgIpc) is 3.10. The maximum Gasteiger partial charge on any atom is 0.228 e. The molecular weight excluding hydrogens is 302 g/mol. The molecule has 0 fully saturated rings. The van der Waals surface area contributed by atoms with Gasteiger partial charge in [-0.15, -0.1) is 0 Å². The van der Waals surface area contributed by atoms with Gasteiger partial charge in [-0.25, -0.2) is 4.68 Å². The molecule has 0 saturated heterocycles. The molecule has 0 saturated carbocycles. The van der Waals surface area contributed by atoms with Crippen molar-refractivity contribution in [3.8, 4) is 5.69 Å². The van der Waals surface area contributed by atoms with E-state index in [4.69, 9.17) is 0 Å². The number of benzene rings is 2. The highest BCUT2D eigenvalue weighted by atomic mass is 16.3. The predicted octanol–water partition coefficient (Wildman–Crippen LogP) is 3.11. The fraction of sp³-hybridized carbons (Fsp3) is 0.158. The Kier molecular flexibility index (Phi) is 4.72. The third-order valence-electron chi connectivity index (χ3n) is 3.75. The summed E-state index contributed by atoms with van der Waals surface area (Å²) in [5, 5.41) is 16.8. The van der Waals surface area contributed by atoms with Crippen LogP contribution in [0.3, 0.4) is 0 Å². The number of amides is 1. The molecule has 1 heterocycles. The molecule has 0 aliphatic rings. The van der Waals surface area contributed by atoms with Crippen LogP contribution in [0.1, 0.15) is 24.2 Å². The Morgan fingerprint density at radius 3 is 2.58 bits per heavy atom. The van der Waals surface area contributed by atoms with E-state index in [-0.39, 0.29) is 12.3 Å². The summed E-state index contributed by atoms with van der Waals surface area (Å²) in [6, 6.07) is 16.8. The van der Waals surface area contributed by atoms with E-state index in [1.54, 1.807) is 29.9 Å². The highest BCUT2D eigenvalue weighted by Crippen LogP contribution is 2.22. The number of aliphatic hydroxyl groups is 1. The summed E-state index contributed by atoms with van der Waals surface area (Å²) in [5.41, 5.74) is 3.21. The van der Waals surface area contributed by atoms with Crippen molar-refractivity contribution in [3.05, 3.63) is 78.1 Å². The number of nitrogens with zero attached hydrogens (tertiary/aromatic N) is 2. The third kappa shape index (κ3) is 3.70. The van der Waals surface area contributed by atoms with Gasteiger partial charge in [0.15, 0.2) is 0 Å². The maximum atomic E-state index is 12.3. The molecule has 3 rings (SSSR count). The quantitative estimate of drug-likeness (QED) is 0.759. The Morgan fingerprint density at radius 2 is 1.92 bits per heavy atom. The van der Waals surface area contributed by atoms with E-state index in [0.29, 0.717) is 11.3 Å². The number of aliphatic hydroxyl groups excluding tert-OH is 1. The number of carbonyl (C=O) groups excluding carboxylic acids is 1. The normalized spacial score (nSPS) is 11.9. The van der Waals surface area contributed by atoms with Crippen molar-refractivity contribution in [1.82, 2.24) is 9.78 Å². The maximum absolute atomic E-state index is 12.3. The van der Waals surface area contributed by atoms with Crippen LogP contribution in [-0.4, -0.2) is 20.8 Å². The Bertz CT molecular complexity index is 809. The van der Waals surface area contributed by atoms with E-state index >= 15 is 0 Å². The summed E-state index contributed by atoms with van der Waals surface area (Å²) < 4.78 is 1.77. The van der Waals surface area contributed by atoms with Gasteiger partial charge in [-0.3, -0.25) is 4.79 Å². The monoisotopic (exact) mass is 321 g/mol. The van der Waals surface area contributed by atoms with Crippen molar-refractivity contribution < 1.29 is 9.90 Å². The standard InChI is InChI=1S/C19H19N3O2/c1-14(23)17-5-2-3-6-18(17)21-19(24)13-15-7-9-16(10-8-15)22-12-4-11-20-22/h2-12,14,23H,13H2,1H3,(H,21,24). The van der Waals surface area contributed by atoms with Crippen LogP contribution in [0, 0.1) is 0 Å². The molecular formula is C19H19N3O2. The van der Waals surface area contributed by atoms with Gasteiger partial charge in [-0.2, -0.15) is 5.10 Å². The predicted molar refractivity (Wildman–Crippen MR) is 93.0 cm³/mol. The molecule has 2 aromatic carbocycles. The molecule has 0 spiro atoms. The van der Waals surface area contributed by atoms with Crippen molar-refractivity contribution in [2.24, 2.45) is 0 Å². The van der Waals surface area contributed by atoms with E-state index < -0.39 is 6.10 Å². The number of anilines is 1. The summed E-state index contributed by atoms with van der Waals surface area (Å²) in [6.07, 6.45) is 3.23.